The van der Waals surface area contributed by atoms with Crippen LogP contribution in [-0.2, 0) is 4.79 Å². The summed E-state index contributed by atoms with van der Waals surface area (Å²) in [5.41, 5.74) is 1.80. The average Bonchev–Trinajstić information content (AvgIpc) is 2.30. The summed E-state index contributed by atoms with van der Waals surface area (Å²) in [6.07, 6.45) is 3.10. The van der Waals surface area contributed by atoms with Gasteiger partial charge in [-0.15, -0.1) is 0 Å². The van der Waals surface area contributed by atoms with Gasteiger partial charge in [-0.05, 0) is 5.56 Å². The minimum atomic E-state index is -0.143. The first kappa shape index (κ1) is 10.3. The van der Waals surface area contributed by atoms with Crippen molar-refractivity contribution in [1.29, 1.82) is 0 Å². The summed E-state index contributed by atoms with van der Waals surface area (Å²) < 4.78 is 0. The van der Waals surface area contributed by atoms with E-state index in [0.29, 0.717) is 5.82 Å². The molecule has 0 aliphatic rings. The van der Waals surface area contributed by atoms with Crippen LogP contribution in [0.25, 0.3) is 11.1 Å². The topological polar surface area (TPSA) is 54.9 Å². The molecule has 0 bridgehead atoms. The third-order valence-corrected chi connectivity index (χ3v) is 2.09. The predicted octanol–water partition coefficient (Wildman–Crippen LogP) is 2.10. The predicted molar refractivity (Wildman–Crippen MR) is 61.8 cm³/mol. The van der Waals surface area contributed by atoms with Crippen LogP contribution in [0.3, 0.4) is 0 Å². The summed E-state index contributed by atoms with van der Waals surface area (Å²) in [6, 6.07) is 9.69. The monoisotopic (exact) mass is 213 g/mol. The zero-order valence-electron chi connectivity index (χ0n) is 8.84. The second-order valence-corrected chi connectivity index (χ2v) is 3.33. The fourth-order valence-corrected chi connectivity index (χ4v) is 1.42. The maximum atomic E-state index is 11.0. The van der Waals surface area contributed by atoms with Crippen LogP contribution in [0.5, 0.6) is 0 Å². The highest BCUT2D eigenvalue weighted by Gasteiger charge is 2.06. The fraction of sp³-hybridized carbons (Fsp3) is 0.0833. The van der Waals surface area contributed by atoms with Crippen LogP contribution in [0.2, 0.25) is 0 Å². The maximum absolute atomic E-state index is 11.0. The van der Waals surface area contributed by atoms with E-state index in [2.05, 4.69) is 15.3 Å². The summed E-state index contributed by atoms with van der Waals surface area (Å²) in [5, 5.41) is 2.68. The van der Waals surface area contributed by atoms with Crippen molar-refractivity contribution in [3.8, 4) is 11.1 Å². The van der Waals surface area contributed by atoms with Gasteiger partial charge in [0.2, 0.25) is 5.91 Å². The zero-order chi connectivity index (χ0) is 11.4. The molecule has 2 rings (SSSR count). The summed E-state index contributed by atoms with van der Waals surface area (Å²) in [6.45, 7) is 1.46. The zero-order valence-corrected chi connectivity index (χ0v) is 8.84. The number of benzene rings is 1. The lowest BCUT2D eigenvalue weighted by Gasteiger charge is -2.07. The molecule has 0 saturated heterocycles. The second kappa shape index (κ2) is 4.53. The van der Waals surface area contributed by atoms with Gasteiger partial charge in [0.25, 0.3) is 0 Å². The number of nitrogens with one attached hydrogen (secondary N) is 1. The van der Waals surface area contributed by atoms with Crippen LogP contribution in [-0.4, -0.2) is 15.9 Å². The lowest BCUT2D eigenvalue weighted by molar-refractivity contribution is -0.114. The van der Waals surface area contributed by atoms with Crippen LogP contribution < -0.4 is 5.32 Å². The number of hydrogen-bond donors (Lipinski definition) is 1. The summed E-state index contributed by atoms with van der Waals surface area (Å²) in [7, 11) is 0. The van der Waals surface area contributed by atoms with Crippen molar-refractivity contribution in [2.24, 2.45) is 0 Å². The molecule has 1 aromatic heterocycles. The Labute approximate surface area is 93.4 Å². The molecule has 0 atom stereocenters. The molecule has 0 aliphatic carbocycles. The molecule has 0 fully saturated rings. The number of aromatic nitrogens is 2. The third-order valence-electron chi connectivity index (χ3n) is 2.09. The van der Waals surface area contributed by atoms with E-state index >= 15 is 0 Å². The first-order chi connectivity index (χ1) is 7.77. The smallest absolute Gasteiger partial charge is 0.222 e. The van der Waals surface area contributed by atoms with Gasteiger partial charge < -0.3 is 5.32 Å². The van der Waals surface area contributed by atoms with Crippen LogP contribution in [0.1, 0.15) is 6.92 Å². The first-order valence-corrected chi connectivity index (χ1v) is 4.90. The highest BCUT2D eigenvalue weighted by atomic mass is 16.1. The number of nitrogens with zero attached hydrogens (tertiary/aromatic N) is 2. The molecule has 0 radical (unpaired) electrons. The van der Waals surface area contributed by atoms with Crippen molar-refractivity contribution < 1.29 is 4.79 Å². The van der Waals surface area contributed by atoms with Gasteiger partial charge in [0.1, 0.15) is 12.1 Å². The van der Waals surface area contributed by atoms with Crippen LogP contribution in [0, 0.1) is 0 Å². The van der Waals surface area contributed by atoms with E-state index in [1.54, 1.807) is 6.20 Å². The molecule has 2 aromatic rings. The van der Waals surface area contributed by atoms with Gasteiger partial charge in [-0.2, -0.15) is 0 Å². The van der Waals surface area contributed by atoms with Gasteiger partial charge in [0.05, 0.1) is 0 Å². The van der Waals surface area contributed by atoms with Gasteiger partial charge in [-0.3, -0.25) is 4.79 Å². The molecule has 1 amide bonds. The molecule has 80 valence electrons. The Morgan fingerprint density at radius 3 is 2.69 bits per heavy atom. The van der Waals surface area contributed by atoms with Gasteiger partial charge in [-0.1, -0.05) is 30.3 Å². The SMILES string of the molecule is CC(=O)Nc1ncncc1-c1ccccc1. The minimum absolute atomic E-state index is 0.143. The van der Waals surface area contributed by atoms with E-state index in [1.165, 1.54) is 13.3 Å². The number of rotatable bonds is 2. The Kier molecular flexibility index (Phi) is 2.91. The Hall–Kier alpha value is -2.23. The summed E-state index contributed by atoms with van der Waals surface area (Å²) >= 11 is 0. The number of carbonyl (C=O) groups is 1. The Bertz CT molecular complexity index is 497. The normalized spacial score (nSPS) is 9.81. The van der Waals surface area contributed by atoms with Crippen molar-refractivity contribution in [2.75, 3.05) is 5.32 Å². The largest absolute Gasteiger partial charge is 0.310 e. The molecular weight excluding hydrogens is 202 g/mol. The van der Waals surface area contributed by atoms with E-state index in [9.17, 15) is 4.79 Å². The van der Waals surface area contributed by atoms with Gasteiger partial charge in [0.15, 0.2) is 0 Å². The van der Waals surface area contributed by atoms with Crippen LogP contribution in [0.4, 0.5) is 5.82 Å². The molecule has 1 aromatic carbocycles. The van der Waals surface area contributed by atoms with Crippen molar-refractivity contribution in [2.45, 2.75) is 6.92 Å². The van der Waals surface area contributed by atoms with Crippen LogP contribution in [0.15, 0.2) is 42.9 Å². The van der Waals surface area contributed by atoms with E-state index < -0.39 is 0 Å². The molecule has 16 heavy (non-hydrogen) atoms. The lowest BCUT2D eigenvalue weighted by atomic mass is 10.1. The van der Waals surface area contributed by atoms with Crippen LogP contribution >= 0.6 is 0 Å². The van der Waals surface area contributed by atoms with Crippen molar-refractivity contribution >= 4 is 11.7 Å². The molecule has 4 heteroatoms. The van der Waals surface area contributed by atoms with Gasteiger partial charge >= 0.3 is 0 Å². The Balaban J connectivity index is 2.44. The average molecular weight is 213 g/mol. The van der Waals surface area contributed by atoms with Crippen molar-refractivity contribution in [1.82, 2.24) is 9.97 Å². The molecule has 0 spiro atoms. The van der Waals surface area contributed by atoms with E-state index in [-0.39, 0.29) is 5.91 Å². The first-order valence-electron chi connectivity index (χ1n) is 4.90. The summed E-state index contributed by atoms with van der Waals surface area (Å²) in [5.74, 6) is 0.393. The molecule has 0 unspecified atom stereocenters. The lowest BCUT2D eigenvalue weighted by Crippen LogP contribution is -2.08. The third kappa shape index (κ3) is 2.23. The number of carbonyl (C=O) groups excluding carboxylic acids is 1. The van der Waals surface area contributed by atoms with Gasteiger partial charge in [-0.25, -0.2) is 9.97 Å². The van der Waals surface area contributed by atoms with E-state index in [0.717, 1.165) is 11.1 Å². The molecular formula is C12H11N3O. The molecule has 1 heterocycles. The van der Waals surface area contributed by atoms with Crippen molar-refractivity contribution in [3.63, 3.8) is 0 Å². The number of amides is 1. The molecule has 1 N–H and O–H groups in total. The standard InChI is InChI=1S/C12H11N3O/c1-9(16)15-12-11(7-13-8-14-12)10-5-3-2-4-6-10/h2-8H,1H3,(H,13,14,15,16). The minimum Gasteiger partial charge on any atom is -0.310 e. The molecule has 0 saturated carbocycles. The molecule has 0 aliphatic heterocycles. The Morgan fingerprint density at radius 1 is 1.25 bits per heavy atom. The van der Waals surface area contributed by atoms with E-state index in [4.69, 9.17) is 0 Å². The highest BCUT2D eigenvalue weighted by molar-refractivity contribution is 5.92. The van der Waals surface area contributed by atoms with Gasteiger partial charge in [0, 0.05) is 18.7 Å². The second-order valence-electron chi connectivity index (χ2n) is 3.33. The van der Waals surface area contributed by atoms with E-state index in [1.807, 2.05) is 30.3 Å². The quantitative estimate of drug-likeness (QED) is 0.831. The number of anilines is 1. The highest BCUT2D eigenvalue weighted by Crippen LogP contribution is 2.24. The molecule has 4 nitrogen and oxygen atoms in total. The fourth-order valence-electron chi connectivity index (χ4n) is 1.42. The van der Waals surface area contributed by atoms with Crippen molar-refractivity contribution in [3.05, 3.63) is 42.9 Å². The Morgan fingerprint density at radius 2 is 2.00 bits per heavy atom. The summed E-state index contributed by atoms with van der Waals surface area (Å²) in [4.78, 5) is 19.0. The maximum Gasteiger partial charge on any atom is 0.222 e. The number of hydrogen-bond acceptors (Lipinski definition) is 3.